The van der Waals surface area contributed by atoms with E-state index >= 15 is 0 Å². The van der Waals surface area contributed by atoms with Gasteiger partial charge >= 0.3 is 0 Å². The highest BCUT2D eigenvalue weighted by atomic mass is 127. The lowest BCUT2D eigenvalue weighted by Gasteiger charge is -2.28. The molecule has 0 nitrogen and oxygen atoms in total. The molecule has 0 radical (unpaired) electrons. The lowest BCUT2D eigenvalue weighted by atomic mass is 9.90. The Morgan fingerprint density at radius 2 is 2.11 bits per heavy atom. The fraction of sp³-hybridized carbons (Fsp3) is 1.00. The average Bonchev–Trinajstić information content (AvgIpc) is 1.83. The number of hydrogen-bond acceptors (Lipinski definition) is 0. The second-order valence-electron chi connectivity index (χ2n) is 2.87. The number of halogens is 2. The molecule has 1 fully saturated rings. The van der Waals surface area contributed by atoms with E-state index in [4.69, 9.17) is 11.6 Å². The molecule has 1 aliphatic carbocycles. The minimum absolute atomic E-state index is 0.439. The van der Waals surface area contributed by atoms with Crippen LogP contribution in [0.25, 0.3) is 0 Å². The molecular weight excluding hydrogens is 246 g/mol. The van der Waals surface area contributed by atoms with E-state index in [0.717, 1.165) is 5.92 Å². The highest BCUT2D eigenvalue weighted by molar-refractivity contribution is 14.1. The summed E-state index contributed by atoms with van der Waals surface area (Å²) in [7, 11) is 0. The van der Waals surface area contributed by atoms with Crippen LogP contribution in [0.15, 0.2) is 0 Å². The third kappa shape index (κ3) is 1.97. The highest BCUT2D eigenvalue weighted by Gasteiger charge is 2.26. The van der Waals surface area contributed by atoms with Gasteiger partial charge in [-0.05, 0) is 18.8 Å². The van der Waals surface area contributed by atoms with Gasteiger partial charge < -0.3 is 0 Å². The van der Waals surface area contributed by atoms with Crippen molar-refractivity contribution >= 4 is 34.2 Å². The van der Waals surface area contributed by atoms with Crippen molar-refractivity contribution in [2.24, 2.45) is 5.92 Å². The molecule has 0 aromatic heterocycles. The first kappa shape index (κ1) is 8.12. The van der Waals surface area contributed by atoms with Gasteiger partial charge in [-0.2, -0.15) is 0 Å². The van der Waals surface area contributed by atoms with Gasteiger partial charge in [-0.15, -0.1) is 11.6 Å². The van der Waals surface area contributed by atoms with Crippen LogP contribution in [0.5, 0.6) is 0 Å². The Kier molecular flexibility index (Phi) is 3.09. The summed E-state index contributed by atoms with van der Waals surface area (Å²) in [5.41, 5.74) is 0. The monoisotopic (exact) mass is 258 g/mol. The zero-order valence-corrected chi connectivity index (χ0v) is 8.52. The van der Waals surface area contributed by atoms with E-state index in [1.165, 1.54) is 19.3 Å². The van der Waals surface area contributed by atoms with Crippen molar-refractivity contribution in [3.05, 3.63) is 0 Å². The minimum Gasteiger partial charge on any atom is -0.122 e. The van der Waals surface area contributed by atoms with Gasteiger partial charge in [-0.25, -0.2) is 0 Å². The van der Waals surface area contributed by atoms with E-state index in [9.17, 15) is 0 Å². The normalized spacial score (nSPS) is 45.0. The average molecular weight is 259 g/mol. The van der Waals surface area contributed by atoms with Gasteiger partial charge in [0.2, 0.25) is 0 Å². The molecule has 9 heavy (non-hydrogen) atoms. The molecule has 0 bridgehead atoms. The van der Waals surface area contributed by atoms with E-state index in [1.54, 1.807) is 0 Å². The maximum absolute atomic E-state index is 6.05. The van der Waals surface area contributed by atoms with Crippen LogP contribution in [0.3, 0.4) is 0 Å². The van der Waals surface area contributed by atoms with Gasteiger partial charge in [0.05, 0.1) is 0 Å². The van der Waals surface area contributed by atoms with Gasteiger partial charge in [0, 0.05) is 9.30 Å². The van der Waals surface area contributed by atoms with Gasteiger partial charge in [-0.3, -0.25) is 0 Å². The predicted molar refractivity (Wildman–Crippen MR) is 50.5 cm³/mol. The number of hydrogen-bond donors (Lipinski definition) is 0. The first-order valence-corrected chi connectivity index (χ1v) is 5.18. The maximum Gasteiger partial charge on any atom is 0.0456 e. The van der Waals surface area contributed by atoms with Gasteiger partial charge in [0.25, 0.3) is 0 Å². The zero-order valence-electron chi connectivity index (χ0n) is 5.61. The SMILES string of the molecule is CC1CCCC(Cl)C1I. The van der Waals surface area contributed by atoms with E-state index in [2.05, 4.69) is 29.5 Å². The van der Waals surface area contributed by atoms with Crippen LogP contribution < -0.4 is 0 Å². The largest absolute Gasteiger partial charge is 0.122 e. The molecule has 0 aromatic rings. The van der Waals surface area contributed by atoms with Crippen molar-refractivity contribution < 1.29 is 0 Å². The Morgan fingerprint density at radius 1 is 1.44 bits per heavy atom. The summed E-state index contributed by atoms with van der Waals surface area (Å²) in [6.45, 7) is 2.30. The summed E-state index contributed by atoms with van der Waals surface area (Å²) in [4.78, 5) is 0. The molecule has 1 rings (SSSR count). The molecule has 54 valence electrons. The van der Waals surface area contributed by atoms with Crippen LogP contribution in [-0.2, 0) is 0 Å². The van der Waals surface area contributed by atoms with Crippen LogP contribution in [0.4, 0.5) is 0 Å². The molecule has 3 atom stereocenters. The molecule has 0 heterocycles. The van der Waals surface area contributed by atoms with Crippen molar-refractivity contribution in [1.82, 2.24) is 0 Å². The summed E-state index contributed by atoms with van der Waals surface area (Å²) >= 11 is 8.53. The molecule has 1 saturated carbocycles. The van der Waals surface area contributed by atoms with Crippen molar-refractivity contribution in [1.29, 1.82) is 0 Å². The van der Waals surface area contributed by atoms with Gasteiger partial charge in [0.1, 0.15) is 0 Å². The summed E-state index contributed by atoms with van der Waals surface area (Å²) in [5, 5.41) is 0.439. The molecule has 0 N–H and O–H groups in total. The molecule has 2 heteroatoms. The van der Waals surface area contributed by atoms with E-state index in [1.807, 2.05) is 0 Å². The predicted octanol–water partition coefficient (Wildman–Crippen LogP) is 3.22. The third-order valence-corrected chi connectivity index (χ3v) is 5.04. The first-order valence-electron chi connectivity index (χ1n) is 3.50. The molecule has 1 aliphatic rings. The second kappa shape index (κ2) is 3.42. The number of rotatable bonds is 0. The van der Waals surface area contributed by atoms with Crippen molar-refractivity contribution in [2.45, 2.75) is 35.5 Å². The molecule has 0 amide bonds. The van der Waals surface area contributed by atoms with Gasteiger partial charge in [0.15, 0.2) is 0 Å². The molecular formula is C7H12ClI. The molecule has 0 aromatic carbocycles. The van der Waals surface area contributed by atoms with Crippen molar-refractivity contribution in [2.75, 3.05) is 0 Å². The summed E-state index contributed by atoms with van der Waals surface area (Å²) in [5.74, 6) is 0.835. The van der Waals surface area contributed by atoms with Crippen LogP contribution in [0.1, 0.15) is 26.2 Å². The van der Waals surface area contributed by atoms with E-state index in [0.29, 0.717) is 9.30 Å². The van der Waals surface area contributed by atoms with Crippen molar-refractivity contribution in [3.63, 3.8) is 0 Å². The van der Waals surface area contributed by atoms with Crippen LogP contribution in [-0.4, -0.2) is 9.30 Å². The van der Waals surface area contributed by atoms with Crippen molar-refractivity contribution in [3.8, 4) is 0 Å². The molecule has 3 unspecified atom stereocenters. The molecule has 0 aliphatic heterocycles. The third-order valence-electron chi connectivity index (χ3n) is 2.03. The Morgan fingerprint density at radius 3 is 2.56 bits per heavy atom. The van der Waals surface area contributed by atoms with Crippen LogP contribution in [0.2, 0.25) is 0 Å². The zero-order chi connectivity index (χ0) is 6.85. The molecule has 0 saturated heterocycles. The smallest absolute Gasteiger partial charge is 0.0456 e. The lowest BCUT2D eigenvalue weighted by molar-refractivity contribution is 0.414. The Balaban J connectivity index is 2.41. The Labute approximate surface area is 75.5 Å². The number of alkyl halides is 2. The summed E-state index contributed by atoms with van der Waals surface area (Å²) in [6.07, 6.45) is 3.92. The highest BCUT2D eigenvalue weighted by Crippen LogP contribution is 2.33. The first-order chi connectivity index (χ1) is 4.22. The summed E-state index contributed by atoms with van der Waals surface area (Å²) < 4.78 is 0.706. The fourth-order valence-corrected chi connectivity index (χ4v) is 2.43. The Hall–Kier alpha value is 1.02. The quantitative estimate of drug-likeness (QED) is 0.462. The molecule has 0 spiro atoms. The minimum atomic E-state index is 0.439. The summed E-state index contributed by atoms with van der Waals surface area (Å²) in [6, 6.07) is 0. The van der Waals surface area contributed by atoms with Crippen LogP contribution >= 0.6 is 34.2 Å². The second-order valence-corrected chi connectivity index (χ2v) is 4.87. The Bertz CT molecular complexity index is 84.9. The van der Waals surface area contributed by atoms with E-state index < -0.39 is 0 Å². The topological polar surface area (TPSA) is 0 Å². The maximum atomic E-state index is 6.05. The lowest BCUT2D eigenvalue weighted by Crippen LogP contribution is -2.26. The van der Waals surface area contributed by atoms with Gasteiger partial charge in [-0.1, -0.05) is 35.9 Å². The van der Waals surface area contributed by atoms with E-state index in [-0.39, 0.29) is 0 Å². The standard InChI is InChI=1S/C7H12ClI/c1-5-3-2-4-6(8)7(5)9/h5-7H,2-4H2,1H3. The van der Waals surface area contributed by atoms with Crippen LogP contribution in [0, 0.1) is 5.92 Å². The fourth-order valence-electron chi connectivity index (χ4n) is 1.31.